The van der Waals surface area contributed by atoms with E-state index in [1.165, 1.54) is 6.07 Å². The number of ether oxygens (including phenoxy) is 1. The number of amides is 1. The molecular weight excluding hydrogens is 301 g/mol. The fraction of sp³-hybridized carbons (Fsp3) is 0.294. The standard InChI is InChI=1S/C17H18FNO4/c1-10-11(2)23-12(3)16(10)17(21)22-9-15(20)19-8-13-6-4-5-7-14(13)18/h4-7H,8-9H2,1-3H3,(H,19,20). The van der Waals surface area contributed by atoms with Crippen LogP contribution in [0.5, 0.6) is 0 Å². The van der Waals surface area contributed by atoms with Crippen molar-refractivity contribution in [2.24, 2.45) is 0 Å². The van der Waals surface area contributed by atoms with Crippen LogP contribution in [0.2, 0.25) is 0 Å². The fourth-order valence-electron chi connectivity index (χ4n) is 2.18. The molecule has 0 bridgehead atoms. The van der Waals surface area contributed by atoms with E-state index in [4.69, 9.17) is 9.15 Å². The van der Waals surface area contributed by atoms with Gasteiger partial charge in [-0.2, -0.15) is 0 Å². The number of furan rings is 1. The third-order valence-corrected chi connectivity index (χ3v) is 3.53. The zero-order chi connectivity index (χ0) is 17.0. The van der Waals surface area contributed by atoms with E-state index in [0.29, 0.717) is 28.2 Å². The number of rotatable bonds is 5. The Morgan fingerprint density at radius 3 is 2.48 bits per heavy atom. The molecule has 1 amide bonds. The van der Waals surface area contributed by atoms with Crippen LogP contribution in [-0.2, 0) is 16.1 Å². The van der Waals surface area contributed by atoms with Crippen molar-refractivity contribution in [2.75, 3.05) is 6.61 Å². The van der Waals surface area contributed by atoms with E-state index in [1.807, 2.05) is 0 Å². The Morgan fingerprint density at radius 1 is 1.17 bits per heavy atom. The van der Waals surface area contributed by atoms with Gasteiger partial charge in [0.1, 0.15) is 22.9 Å². The number of aryl methyl sites for hydroxylation is 2. The third kappa shape index (κ3) is 3.97. The number of hydrogen-bond acceptors (Lipinski definition) is 4. The Morgan fingerprint density at radius 2 is 1.87 bits per heavy atom. The van der Waals surface area contributed by atoms with Crippen LogP contribution in [-0.4, -0.2) is 18.5 Å². The Hall–Kier alpha value is -2.63. The highest BCUT2D eigenvalue weighted by atomic mass is 19.1. The zero-order valence-electron chi connectivity index (χ0n) is 13.2. The van der Waals surface area contributed by atoms with E-state index < -0.39 is 24.3 Å². The van der Waals surface area contributed by atoms with Gasteiger partial charge in [0.05, 0.1) is 0 Å². The molecule has 2 aromatic rings. The average Bonchev–Trinajstić information content (AvgIpc) is 2.77. The quantitative estimate of drug-likeness (QED) is 0.861. The lowest BCUT2D eigenvalue weighted by Crippen LogP contribution is -2.28. The molecule has 0 saturated carbocycles. The Labute approximate surface area is 133 Å². The van der Waals surface area contributed by atoms with Crippen molar-refractivity contribution in [2.45, 2.75) is 27.3 Å². The van der Waals surface area contributed by atoms with Gasteiger partial charge >= 0.3 is 5.97 Å². The van der Waals surface area contributed by atoms with Crippen LogP contribution in [0, 0.1) is 26.6 Å². The summed E-state index contributed by atoms with van der Waals surface area (Å²) in [5.74, 6) is -0.421. The van der Waals surface area contributed by atoms with E-state index in [2.05, 4.69) is 5.32 Å². The molecule has 1 aromatic carbocycles. The molecule has 0 saturated heterocycles. The van der Waals surface area contributed by atoms with E-state index in [0.717, 1.165) is 0 Å². The molecule has 0 aliphatic rings. The number of benzene rings is 1. The minimum absolute atomic E-state index is 0.0337. The van der Waals surface area contributed by atoms with Gasteiger partial charge in [0, 0.05) is 17.7 Å². The first kappa shape index (κ1) is 16.7. The molecular formula is C17H18FNO4. The Bertz CT molecular complexity index is 736. The third-order valence-electron chi connectivity index (χ3n) is 3.53. The summed E-state index contributed by atoms with van der Waals surface area (Å²) in [5.41, 5.74) is 1.40. The summed E-state index contributed by atoms with van der Waals surface area (Å²) in [6.07, 6.45) is 0. The van der Waals surface area contributed by atoms with Crippen LogP contribution in [0.15, 0.2) is 28.7 Å². The predicted octanol–water partition coefficient (Wildman–Crippen LogP) is 2.82. The van der Waals surface area contributed by atoms with Gasteiger partial charge in [0.2, 0.25) is 0 Å². The molecule has 1 heterocycles. The molecule has 2 rings (SSSR count). The first-order valence-corrected chi connectivity index (χ1v) is 7.14. The van der Waals surface area contributed by atoms with Gasteiger partial charge < -0.3 is 14.5 Å². The first-order chi connectivity index (χ1) is 10.9. The van der Waals surface area contributed by atoms with Crippen LogP contribution in [0.25, 0.3) is 0 Å². The molecule has 0 aliphatic carbocycles. The summed E-state index contributed by atoms with van der Waals surface area (Å²) >= 11 is 0. The summed E-state index contributed by atoms with van der Waals surface area (Å²) < 4.78 is 23.7. The molecule has 1 aromatic heterocycles. The lowest BCUT2D eigenvalue weighted by Gasteiger charge is -2.07. The topological polar surface area (TPSA) is 68.5 Å². The lowest BCUT2D eigenvalue weighted by atomic mass is 10.1. The van der Waals surface area contributed by atoms with Gasteiger partial charge in [-0.3, -0.25) is 4.79 Å². The van der Waals surface area contributed by atoms with Gasteiger partial charge in [-0.1, -0.05) is 18.2 Å². The average molecular weight is 319 g/mol. The second-order valence-corrected chi connectivity index (χ2v) is 5.16. The second kappa shape index (κ2) is 7.09. The van der Waals surface area contributed by atoms with Gasteiger partial charge in [-0.05, 0) is 26.8 Å². The van der Waals surface area contributed by atoms with Crippen molar-refractivity contribution in [1.82, 2.24) is 5.32 Å². The summed E-state index contributed by atoms with van der Waals surface area (Å²) in [4.78, 5) is 23.7. The van der Waals surface area contributed by atoms with Crippen LogP contribution in [0.4, 0.5) is 4.39 Å². The van der Waals surface area contributed by atoms with Crippen LogP contribution in [0.3, 0.4) is 0 Å². The van der Waals surface area contributed by atoms with Crippen molar-refractivity contribution in [3.63, 3.8) is 0 Å². The molecule has 0 spiro atoms. The maximum atomic E-state index is 13.4. The maximum absolute atomic E-state index is 13.4. The molecule has 5 nitrogen and oxygen atoms in total. The Balaban J connectivity index is 1.87. The highest BCUT2D eigenvalue weighted by Gasteiger charge is 2.20. The Kier molecular flexibility index (Phi) is 5.16. The van der Waals surface area contributed by atoms with Crippen molar-refractivity contribution in [3.05, 3.63) is 58.3 Å². The number of carbonyl (C=O) groups excluding carboxylic acids is 2. The molecule has 0 aliphatic heterocycles. The first-order valence-electron chi connectivity index (χ1n) is 7.14. The molecule has 23 heavy (non-hydrogen) atoms. The summed E-state index contributed by atoms with van der Waals surface area (Å²) in [6.45, 7) is 4.76. The molecule has 6 heteroatoms. The van der Waals surface area contributed by atoms with Gasteiger partial charge in [-0.15, -0.1) is 0 Å². The molecule has 0 fully saturated rings. The van der Waals surface area contributed by atoms with Crippen LogP contribution in [0.1, 0.15) is 33.0 Å². The summed E-state index contributed by atoms with van der Waals surface area (Å²) in [7, 11) is 0. The number of hydrogen-bond donors (Lipinski definition) is 1. The molecule has 0 radical (unpaired) electrons. The summed E-state index contributed by atoms with van der Waals surface area (Å²) in [6, 6.07) is 6.13. The van der Waals surface area contributed by atoms with E-state index in [9.17, 15) is 14.0 Å². The van der Waals surface area contributed by atoms with Gasteiger partial charge in [-0.25, -0.2) is 9.18 Å². The smallest absolute Gasteiger partial charge is 0.342 e. The fourth-order valence-corrected chi connectivity index (χ4v) is 2.18. The van der Waals surface area contributed by atoms with Gasteiger partial charge in [0.25, 0.3) is 5.91 Å². The number of halogens is 1. The normalized spacial score (nSPS) is 10.4. The summed E-state index contributed by atoms with van der Waals surface area (Å²) in [5, 5.41) is 2.50. The van der Waals surface area contributed by atoms with Crippen LogP contribution >= 0.6 is 0 Å². The van der Waals surface area contributed by atoms with E-state index >= 15 is 0 Å². The molecule has 0 unspecified atom stereocenters. The largest absolute Gasteiger partial charge is 0.465 e. The van der Waals surface area contributed by atoms with E-state index in [1.54, 1.807) is 39.0 Å². The maximum Gasteiger partial charge on any atom is 0.342 e. The van der Waals surface area contributed by atoms with Crippen LogP contribution < -0.4 is 5.32 Å². The van der Waals surface area contributed by atoms with Crippen molar-refractivity contribution in [3.8, 4) is 0 Å². The van der Waals surface area contributed by atoms with Gasteiger partial charge in [0.15, 0.2) is 6.61 Å². The van der Waals surface area contributed by atoms with Crippen molar-refractivity contribution < 1.29 is 23.1 Å². The SMILES string of the molecule is Cc1oc(C)c(C(=O)OCC(=O)NCc2ccccc2F)c1C. The zero-order valence-corrected chi connectivity index (χ0v) is 13.2. The molecule has 0 atom stereocenters. The highest BCUT2D eigenvalue weighted by molar-refractivity contribution is 5.93. The number of esters is 1. The lowest BCUT2D eigenvalue weighted by molar-refractivity contribution is -0.124. The monoisotopic (exact) mass is 319 g/mol. The minimum Gasteiger partial charge on any atom is -0.465 e. The minimum atomic E-state index is -0.613. The molecule has 122 valence electrons. The van der Waals surface area contributed by atoms with E-state index in [-0.39, 0.29) is 6.54 Å². The second-order valence-electron chi connectivity index (χ2n) is 5.16. The number of carbonyl (C=O) groups is 2. The van der Waals surface area contributed by atoms with Crippen molar-refractivity contribution in [1.29, 1.82) is 0 Å². The predicted molar refractivity (Wildman–Crippen MR) is 81.4 cm³/mol. The van der Waals surface area contributed by atoms with Crippen molar-refractivity contribution >= 4 is 11.9 Å². The number of nitrogens with one attached hydrogen (secondary N) is 1. The highest BCUT2D eigenvalue weighted by Crippen LogP contribution is 2.21. The molecule has 1 N–H and O–H groups in total.